The largest absolute Gasteiger partial charge is 0.342 e. The second-order valence-corrected chi connectivity index (χ2v) is 7.80. The van der Waals surface area contributed by atoms with E-state index in [0.717, 1.165) is 50.9 Å². The van der Waals surface area contributed by atoms with E-state index in [0.29, 0.717) is 11.8 Å². The average molecular weight is 307 g/mol. The Morgan fingerprint density at radius 3 is 2.41 bits per heavy atom. The standard InChI is InChI=1S/C18H33N3O/c1-15-4-11-21(12-5-15)18(22)17-6-9-20(10-7-17)14-16-3-2-8-19-13-16/h15-17,19H,2-14H2,1H3. The summed E-state index contributed by atoms with van der Waals surface area (Å²) >= 11 is 0. The molecule has 1 unspecified atom stereocenters. The third-order valence-electron chi connectivity index (χ3n) is 5.95. The number of carbonyl (C=O) groups is 1. The third kappa shape index (κ3) is 4.23. The van der Waals surface area contributed by atoms with Crippen molar-refractivity contribution >= 4 is 5.91 Å². The summed E-state index contributed by atoms with van der Waals surface area (Å²) in [5, 5.41) is 3.51. The van der Waals surface area contributed by atoms with E-state index in [2.05, 4.69) is 22.0 Å². The normalized spacial score (nSPS) is 29.7. The molecule has 126 valence electrons. The van der Waals surface area contributed by atoms with Gasteiger partial charge in [-0.15, -0.1) is 0 Å². The van der Waals surface area contributed by atoms with Crippen molar-refractivity contribution in [3.63, 3.8) is 0 Å². The summed E-state index contributed by atoms with van der Waals surface area (Å²) < 4.78 is 0. The van der Waals surface area contributed by atoms with Crippen molar-refractivity contribution in [2.24, 2.45) is 17.8 Å². The second-order valence-electron chi connectivity index (χ2n) is 7.80. The molecule has 0 saturated carbocycles. The summed E-state index contributed by atoms with van der Waals surface area (Å²) in [6.07, 6.45) is 7.24. The Balaban J connectivity index is 1.40. The molecule has 4 nitrogen and oxygen atoms in total. The Morgan fingerprint density at radius 1 is 1.05 bits per heavy atom. The number of hydrogen-bond donors (Lipinski definition) is 1. The van der Waals surface area contributed by atoms with Gasteiger partial charge >= 0.3 is 0 Å². The number of carbonyl (C=O) groups excluding carboxylic acids is 1. The maximum absolute atomic E-state index is 12.7. The lowest BCUT2D eigenvalue weighted by Gasteiger charge is -2.38. The highest BCUT2D eigenvalue weighted by atomic mass is 16.2. The van der Waals surface area contributed by atoms with Crippen LogP contribution in [0, 0.1) is 17.8 Å². The van der Waals surface area contributed by atoms with Crippen molar-refractivity contribution in [1.82, 2.24) is 15.1 Å². The van der Waals surface area contributed by atoms with E-state index in [1.54, 1.807) is 0 Å². The highest BCUT2D eigenvalue weighted by molar-refractivity contribution is 5.79. The van der Waals surface area contributed by atoms with E-state index in [1.807, 2.05) is 0 Å². The summed E-state index contributed by atoms with van der Waals surface area (Å²) in [5.41, 5.74) is 0. The molecule has 1 atom stereocenters. The van der Waals surface area contributed by atoms with Gasteiger partial charge in [-0.3, -0.25) is 4.79 Å². The van der Waals surface area contributed by atoms with Crippen LogP contribution in [-0.2, 0) is 4.79 Å². The van der Waals surface area contributed by atoms with E-state index in [9.17, 15) is 4.79 Å². The molecular formula is C18H33N3O. The van der Waals surface area contributed by atoms with Gasteiger partial charge in [0.05, 0.1) is 0 Å². The average Bonchev–Trinajstić information content (AvgIpc) is 2.57. The number of likely N-dealkylation sites (tertiary alicyclic amines) is 2. The van der Waals surface area contributed by atoms with Crippen molar-refractivity contribution in [2.75, 3.05) is 45.8 Å². The Labute approximate surface area is 135 Å². The molecule has 0 aromatic heterocycles. The lowest BCUT2D eigenvalue weighted by molar-refractivity contribution is -0.138. The minimum atomic E-state index is 0.300. The van der Waals surface area contributed by atoms with E-state index in [4.69, 9.17) is 0 Å². The van der Waals surface area contributed by atoms with Crippen LogP contribution in [-0.4, -0.2) is 61.5 Å². The molecule has 4 heteroatoms. The number of piperidine rings is 3. The van der Waals surface area contributed by atoms with Crippen molar-refractivity contribution in [3.05, 3.63) is 0 Å². The quantitative estimate of drug-likeness (QED) is 0.866. The monoisotopic (exact) mass is 307 g/mol. The lowest BCUT2D eigenvalue weighted by atomic mass is 9.91. The van der Waals surface area contributed by atoms with Crippen LogP contribution >= 0.6 is 0 Å². The zero-order valence-corrected chi connectivity index (χ0v) is 14.2. The Bertz CT molecular complexity index is 351. The van der Waals surface area contributed by atoms with Gasteiger partial charge in [-0.05, 0) is 76.5 Å². The van der Waals surface area contributed by atoms with Crippen LogP contribution in [0.5, 0.6) is 0 Å². The van der Waals surface area contributed by atoms with Gasteiger partial charge in [0.1, 0.15) is 0 Å². The maximum atomic E-state index is 12.7. The van der Waals surface area contributed by atoms with Crippen molar-refractivity contribution in [1.29, 1.82) is 0 Å². The Hall–Kier alpha value is -0.610. The van der Waals surface area contributed by atoms with Gasteiger partial charge in [0, 0.05) is 25.6 Å². The SMILES string of the molecule is CC1CCN(C(=O)C2CCN(CC3CCCNC3)CC2)CC1. The Morgan fingerprint density at radius 2 is 1.77 bits per heavy atom. The van der Waals surface area contributed by atoms with Crippen LogP contribution in [0.1, 0.15) is 45.4 Å². The Kier molecular flexibility index (Phi) is 5.75. The minimum Gasteiger partial charge on any atom is -0.342 e. The first-order valence-corrected chi connectivity index (χ1v) is 9.44. The van der Waals surface area contributed by atoms with Crippen LogP contribution in [0.3, 0.4) is 0 Å². The summed E-state index contributed by atoms with van der Waals surface area (Å²) in [4.78, 5) is 17.4. The van der Waals surface area contributed by atoms with Crippen LogP contribution in [0.4, 0.5) is 0 Å². The first-order valence-electron chi connectivity index (χ1n) is 9.44. The summed E-state index contributed by atoms with van der Waals surface area (Å²) in [6, 6.07) is 0. The molecular weight excluding hydrogens is 274 g/mol. The topological polar surface area (TPSA) is 35.6 Å². The summed E-state index contributed by atoms with van der Waals surface area (Å²) in [5.74, 6) is 2.37. The molecule has 3 rings (SSSR count). The van der Waals surface area contributed by atoms with E-state index in [-0.39, 0.29) is 0 Å². The first kappa shape index (κ1) is 16.3. The number of amides is 1. The molecule has 0 aliphatic carbocycles. The van der Waals surface area contributed by atoms with Gasteiger partial charge in [0.2, 0.25) is 5.91 Å². The van der Waals surface area contributed by atoms with Gasteiger partial charge in [-0.1, -0.05) is 6.92 Å². The minimum absolute atomic E-state index is 0.300. The molecule has 0 spiro atoms. The zero-order chi connectivity index (χ0) is 15.4. The molecule has 1 N–H and O–H groups in total. The van der Waals surface area contributed by atoms with Gasteiger partial charge in [0.15, 0.2) is 0 Å². The molecule has 22 heavy (non-hydrogen) atoms. The molecule has 3 fully saturated rings. The smallest absolute Gasteiger partial charge is 0.225 e. The molecule has 3 aliphatic heterocycles. The fourth-order valence-electron chi connectivity index (χ4n) is 4.29. The van der Waals surface area contributed by atoms with Gasteiger partial charge < -0.3 is 15.1 Å². The van der Waals surface area contributed by atoms with Gasteiger partial charge in [0.25, 0.3) is 0 Å². The van der Waals surface area contributed by atoms with Crippen LogP contribution in [0.25, 0.3) is 0 Å². The second kappa shape index (κ2) is 7.78. The van der Waals surface area contributed by atoms with E-state index in [1.165, 1.54) is 45.3 Å². The van der Waals surface area contributed by atoms with Gasteiger partial charge in [-0.25, -0.2) is 0 Å². The zero-order valence-electron chi connectivity index (χ0n) is 14.2. The van der Waals surface area contributed by atoms with Crippen LogP contribution in [0.2, 0.25) is 0 Å². The molecule has 0 bridgehead atoms. The van der Waals surface area contributed by atoms with Crippen LogP contribution < -0.4 is 5.32 Å². The van der Waals surface area contributed by atoms with Crippen LogP contribution in [0.15, 0.2) is 0 Å². The van der Waals surface area contributed by atoms with Crippen molar-refractivity contribution < 1.29 is 4.79 Å². The van der Waals surface area contributed by atoms with Crippen molar-refractivity contribution in [2.45, 2.75) is 45.4 Å². The fraction of sp³-hybridized carbons (Fsp3) is 0.944. The summed E-state index contributed by atoms with van der Waals surface area (Å²) in [6.45, 7) is 10.2. The van der Waals surface area contributed by atoms with Gasteiger partial charge in [-0.2, -0.15) is 0 Å². The number of rotatable bonds is 3. The number of hydrogen-bond acceptors (Lipinski definition) is 3. The first-order chi connectivity index (χ1) is 10.7. The molecule has 1 amide bonds. The lowest BCUT2D eigenvalue weighted by Crippen LogP contribution is -2.46. The molecule has 0 aromatic carbocycles. The highest BCUT2D eigenvalue weighted by Gasteiger charge is 2.30. The number of nitrogens with zero attached hydrogens (tertiary/aromatic N) is 2. The van der Waals surface area contributed by atoms with E-state index >= 15 is 0 Å². The highest BCUT2D eigenvalue weighted by Crippen LogP contribution is 2.24. The number of nitrogens with one attached hydrogen (secondary N) is 1. The maximum Gasteiger partial charge on any atom is 0.225 e. The van der Waals surface area contributed by atoms with E-state index < -0.39 is 0 Å². The molecule has 3 heterocycles. The molecule has 0 radical (unpaired) electrons. The fourth-order valence-corrected chi connectivity index (χ4v) is 4.29. The predicted octanol–water partition coefficient (Wildman–Crippen LogP) is 1.96. The predicted molar refractivity (Wildman–Crippen MR) is 89.7 cm³/mol. The van der Waals surface area contributed by atoms with Crippen molar-refractivity contribution in [3.8, 4) is 0 Å². The molecule has 3 saturated heterocycles. The molecule has 3 aliphatic rings. The molecule has 0 aromatic rings. The third-order valence-corrected chi connectivity index (χ3v) is 5.95. The summed E-state index contributed by atoms with van der Waals surface area (Å²) in [7, 11) is 0.